The second-order valence-corrected chi connectivity index (χ2v) is 7.83. The molecular formula is C14H16N2O4S2. The molecule has 3 rings (SSSR count). The summed E-state index contributed by atoms with van der Waals surface area (Å²) in [5.74, 6) is -0.197. The first kappa shape index (κ1) is 15.3. The minimum absolute atomic E-state index is 0.0618. The number of sulfonamides is 1. The summed E-state index contributed by atoms with van der Waals surface area (Å²) >= 11 is 1.63. The van der Waals surface area contributed by atoms with Crippen molar-refractivity contribution in [3.05, 3.63) is 40.3 Å². The van der Waals surface area contributed by atoms with Crippen LogP contribution < -0.4 is 4.72 Å². The number of nitrogens with one attached hydrogen (secondary N) is 1. The average Bonchev–Trinajstić information content (AvgIpc) is 3.25. The zero-order chi connectivity index (χ0) is 15.7. The smallest absolute Gasteiger partial charge is 0.273 e. The van der Waals surface area contributed by atoms with Crippen LogP contribution >= 0.6 is 11.3 Å². The predicted octanol–water partition coefficient (Wildman–Crippen LogP) is 2.23. The fourth-order valence-electron chi connectivity index (χ4n) is 2.62. The van der Waals surface area contributed by atoms with E-state index in [1.807, 2.05) is 17.5 Å². The fraction of sp³-hybridized carbons (Fsp3) is 0.357. The van der Waals surface area contributed by atoms with Gasteiger partial charge in [-0.1, -0.05) is 6.07 Å². The number of amides is 1. The van der Waals surface area contributed by atoms with Crippen molar-refractivity contribution in [1.82, 2.24) is 9.62 Å². The third-order valence-corrected chi connectivity index (χ3v) is 6.00. The summed E-state index contributed by atoms with van der Waals surface area (Å²) in [6.07, 6.45) is 3.07. The van der Waals surface area contributed by atoms with Crippen LogP contribution in [0.1, 0.15) is 34.1 Å². The largest absolute Gasteiger partial charge is 0.451 e. The second kappa shape index (κ2) is 5.86. The van der Waals surface area contributed by atoms with Gasteiger partial charge in [-0.15, -0.1) is 11.3 Å². The highest BCUT2D eigenvalue weighted by atomic mass is 32.2. The van der Waals surface area contributed by atoms with Gasteiger partial charge in [0.05, 0.1) is 11.6 Å². The van der Waals surface area contributed by atoms with Crippen LogP contribution in [0.25, 0.3) is 0 Å². The Balaban J connectivity index is 1.85. The van der Waals surface area contributed by atoms with Crippen molar-refractivity contribution in [1.29, 1.82) is 0 Å². The molecule has 1 saturated heterocycles. The summed E-state index contributed by atoms with van der Waals surface area (Å²) in [6, 6.07) is 5.33. The van der Waals surface area contributed by atoms with E-state index in [4.69, 9.17) is 4.42 Å². The molecule has 1 atom stereocenters. The van der Waals surface area contributed by atoms with Gasteiger partial charge >= 0.3 is 0 Å². The molecule has 1 amide bonds. The molecule has 6 nitrogen and oxygen atoms in total. The van der Waals surface area contributed by atoms with Crippen LogP contribution in [0.2, 0.25) is 0 Å². The van der Waals surface area contributed by atoms with E-state index in [2.05, 4.69) is 4.72 Å². The lowest BCUT2D eigenvalue weighted by Crippen LogP contribution is -2.29. The van der Waals surface area contributed by atoms with Crippen molar-refractivity contribution in [3.63, 3.8) is 0 Å². The van der Waals surface area contributed by atoms with Crippen LogP contribution in [-0.2, 0) is 10.0 Å². The van der Waals surface area contributed by atoms with Crippen LogP contribution in [0.5, 0.6) is 0 Å². The zero-order valence-electron chi connectivity index (χ0n) is 12.0. The van der Waals surface area contributed by atoms with Gasteiger partial charge in [-0.25, -0.2) is 13.1 Å². The second-order valence-electron chi connectivity index (χ2n) is 5.03. The molecule has 3 heterocycles. The third-order valence-electron chi connectivity index (χ3n) is 3.74. The van der Waals surface area contributed by atoms with E-state index in [9.17, 15) is 13.2 Å². The summed E-state index contributed by atoms with van der Waals surface area (Å²) in [4.78, 5) is 15.6. The maximum atomic E-state index is 12.6. The standard InChI is InChI=1S/C14H16N2O4S2/c1-15-22(18,19)13-8-10(9-20-13)14(17)16-6-2-4-11(16)12-5-3-7-21-12/h3,5,7-9,11,15H,2,4,6H2,1H3/t11-/m0/s1. The topological polar surface area (TPSA) is 79.6 Å². The molecule has 1 fully saturated rings. The molecule has 0 unspecified atom stereocenters. The molecule has 1 aliphatic heterocycles. The Kier molecular flexibility index (Phi) is 4.07. The van der Waals surface area contributed by atoms with E-state index in [1.165, 1.54) is 19.4 Å². The number of hydrogen-bond acceptors (Lipinski definition) is 5. The SMILES string of the molecule is CNS(=O)(=O)c1cc(C(=O)N2CCC[C@H]2c2cccs2)co1. The first-order valence-corrected chi connectivity index (χ1v) is 9.25. The first-order valence-electron chi connectivity index (χ1n) is 6.89. The third kappa shape index (κ3) is 2.69. The highest BCUT2D eigenvalue weighted by molar-refractivity contribution is 7.89. The van der Waals surface area contributed by atoms with Crippen molar-refractivity contribution >= 4 is 27.3 Å². The predicted molar refractivity (Wildman–Crippen MR) is 82.3 cm³/mol. The molecule has 0 aromatic carbocycles. The molecule has 0 aliphatic carbocycles. The Morgan fingerprint density at radius 1 is 1.50 bits per heavy atom. The van der Waals surface area contributed by atoms with E-state index in [-0.39, 0.29) is 22.6 Å². The maximum absolute atomic E-state index is 12.6. The summed E-state index contributed by atoms with van der Waals surface area (Å²) in [5, 5.41) is 1.75. The lowest BCUT2D eigenvalue weighted by Gasteiger charge is -2.23. The maximum Gasteiger partial charge on any atom is 0.273 e. The molecule has 8 heteroatoms. The molecule has 0 spiro atoms. The first-order chi connectivity index (χ1) is 10.5. The molecule has 0 saturated carbocycles. The molecule has 1 N–H and O–H groups in total. The molecule has 2 aromatic heterocycles. The minimum Gasteiger partial charge on any atom is -0.451 e. The number of carbonyl (C=O) groups is 1. The van der Waals surface area contributed by atoms with Gasteiger partial charge < -0.3 is 9.32 Å². The Bertz CT molecular complexity index is 765. The number of rotatable bonds is 4. The fourth-order valence-corrected chi connectivity index (χ4v) is 4.15. The van der Waals surface area contributed by atoms with E-state index in [0.717, 1.165) is 17.7 Å². The van der Waals surface area contributed by atoms with E-state index < -0.39 is 10.0 Å². The summed E-state index contributed by atoms with van der Waals surface area (Å²) in [7, 11) is -2.38. The van der Waals surface area contributed by atoms with Crippen molar-refractivity contribution in [2.24, 2.45) is 0 Å². The van der Waals surface area contributed by atoms with Gasteiger partial charge in [0.25, 0.3) is 15.9 Å². The molecule has 0 radical (unpaired) electrons. The number of thiophene rings is 1. The van der Waals surface area contributed by atoms with Crippen LogP contribution in [0, 0.1) is 0 Å². The van der Waals surface area contributed by atoms with Crippen LogP contribution in [0.4, 0.5) is 0 Å². The Morgan fingerprint density at radius 3 is 3.00 bits per heavy atom. The molecule has 22 heavy (non-hydrogen) atoms. The number of hydrogen-bond donors (Lipinski definition) is 1. The number of likely N-dealkylation sites (tertiary alicyclic amines) is 1. The van der Waals surface area contributed by atoms with Gasteiger partial charge in [-0.2, -0.15) is 0 Å². The lowest BCUT2D eigenvalue weighted by atomic mass is 10.1. The highest BCUT2D eigenvalue weighted by Crippen LogP contribution is 2.35. The Morgan fingerprint density at radius 2 is 2.32 bits per heavy atom. The highest BCUT2D eigenvalue weighted by Gasteiger charge is 2.32. The normalized spacial score (nSPS) is 18.8. The van der Waals surface area contributed by atoms with Crippen LogP contribution in [0.3, 0.4) is 0 Å². The van der Waals surface area contributed by atoms with Gasteiger partial charge in [0.2, 0.25) is 5.09 Å². The number of carbonyl (C=O) groups excluding carboxylic acids is 1. The van der Waals surface area contributed by atoms with Crippen molar-refractivity contribution in [2.45, 2.75) is 24.0 Å². The molecule has 1 aliphatic rings. The van der Waals surface area contributed by atoms with E-state index in [0.29, 0.717) is 6.54 Å². The monoisotopic (exact) mass is 340 g/mol. The van der Waals surface area contributed by atoms with Crippen LogP contribution in [0.15, 0.2) is 39.4 Å². The minimum atomic E-state index is -3.68. The van der Waals surface area contributed by atoms with Crippen molar-refractivity contribution in [2.75, 3.05) is 13.6 Å². The van der Waals surface area contributed by atoms with Gasteiger partial charge in [-0.3, -0.25) is 4.79 Å². The lowest BCUT2D eigenvalue weighted by molar-refractivity contribution is 0.0737. The summed E-state index contributed by atoms with van der Waals surface area (Å²) in [6.45, 7) is 0.667. The molecule has 2 aromatic rings. The summed E-state index contributed by atoms with van der Waals surface area (Å²) < 4.78 is 30.6. The number of furan rings is 1. The quantitative estimate of drug-likeness (QED) is 0.925. The Hall–Kier alpha value is -1.64. The van der Waals surface area contributed by atoms with E-state index >= 15 is 0 Å². The van der Waals surface area contributed by atoms with Gasteiger partial charge in [0, 0.05) is 17.5 Å². The average molecular weight is 340 g/mol. The van der Waals surface area contributed by atoms with Gasteiger partial charge in [0.15, 0.2) is 0 Å². The Labute approximate surface area is 132 Å². The number of nitrogens with zero attached hydrogens (tertiary/aromatic N) is 1. The van der Waals surface area contributed by atoms with E-state index in [1.54, 1.807) is 16.2 Å². The summed E-state index contributed by atoms with van der Waals surface area (Å²) in [5.41, 5.74) is 0.261. The van der Waals surface area contributed by atoms with Gasteiger partial charge in [0.1, 0.15) is 6.26 Å². The molecule has 0 bridgehead atoms. The van der Waals surface area contributed by atoms with Crippen molar-refractivity contribution < 1.29 is 17.6 Å². The zero-order valence-corrected chi connectivity index (χ0v) is 13.6. The van der Waals surface area contributed by atoms with Crippen molar-refractivity contribution in [3.8, 4) is 0 Å². The van der Waals surface area contributed by atoms with Gasteiger partial charge in [-0.05, 0) is 31.3 Å². The molecular weight excluding hydrogens is 324 g/mol. The molecule has 118 valence electrons. The van der Waals surface area contributed by atoms with Crippen LogP contribution in [-0.4, -0.2) is 32.8 Å².